The predicted octanol–water partition coefficient (Wildman–Crippen LogP) is 22.0. The summed E-state index contributed by atoms with van der Waals surface area (Å²) in [6, 6.07) is 0. The number of hydrogen-bond acceptors (Lipinski definition) is 15. The third-order valence-electron chi connectivity index (χ3n) is 16.0. The number of rotatable bonds is 72. The Morgan fingerprint density at radius 3 is 0.898 bits per heavy atom. The molecule has 0 rings (SSSR count). The minimum Gasteiger partial charge on any atom is -0.462 e. The van der Waals surface area contributed by atoms with Crippen molar-refractivity contribution < 1.29 is 80.2 Å². The normalized spacial score (nSPS) is 14.5. The minimum atomic E-state index is -4.98. The molecule has 0 saturated carbocycles. The van der Waals surface area contributed by atoms with E-state index in [1.165, 1.54) is 96.3 Å². The SMILES string of the molecule is CC/C=C\C/C=C\C/C=C\C/C=C\C/C=C\CCCC(=O)OCC(COP(=O)(O)OCC(O)COP(=O)(O)OCC(COC(=O)CCCCCCC/C=C\C/C=C\CCCCC)OC(=O)CCCCCCC/C=C\CCCCCC)OC(=O)CCCCCCCCCCCCCCC. The molecule has 0 aromatic rings. The van der Waals surface area contributed by atoms with Crippen molar-refractivity contribution in [1.29, 1.82) is 0 Å². The number of phosphoric acid groups is 2. The van der Waals surface area contributed by atoms with Crippen LogP contribution < -0.4 is 0 Å². The maximum atomic E-state index is 13.1. The van der Waals surface area contributed by atoms with E-state index in [2.05, 4.69) is 113 Å². The number of aliphatic hydroxyl groups is 1. The highest BCUT2D eigenvalue weighted by Gasteiger charge is 2.30. The van der Waals surface area contributed by atoms with E-state index in [4.69, 9.17) is 37.0 Å². The van der Waals surface area contributed by atoms with Gasteiger partial charge in [0.1, 0.15) is 19.3 Å². The topological polar surface area (TPSA) is 237 Å². The number of unbranched alkanes of at least 4 members (excludes halogenated alkanes) is 30. The second kappa shape index (κ2) is 71.4. The van der Waals surface area contributed by atoms with Crippen molar-refractivity contribution in [2.75, 3.05) is 39.6 Å². The van der Waals surface area contributed by atoms with Gasteiger partial charge >= 0.3 is 39.5 Å². The van der Waals surface area contributed by atoms with Crippen LogP contribution in [0.5, 0.6) is 0 Å². The molecule has 0 radical (unpaired) electrons. The summed E-state index contributed by atoms with van der Waals surface area (Å²) in [5, 5.41) is 10.6. The molecule has 0 aliphatic carbocycles. The van der Waals surface area contributed by atoms with Gasteiger partial charge in [0.15, 0.2) is 12.2 Å². The maximum absolute atomic E-state index is 13.1. The number of carbonyl (C=O) groups is 4. The fourth-order valence-corrected chi connectivity index (χ4v) is 11.7. The first kappa shape index (κ1) is 94.0. The van der Waals surface area contributed by atoms with Crippen LogP contribution in [0.3, 0.4) is 0 Å². The van der Waals surface area contributed by atoms with Gasteiger partial charge in [0.2, 0.25) is 0 Å². The van der Waals surface area contributed by atoms with E-state index in [1.54, 1.807) is 0 Å². The molecule has 566 valence electrons. The van der Waals surface area contributed by atoms with Crippen LogP contribution in [0.4, 0.5) is 0 Å². The van der Waals surface area contributed by atoms with Crippen molar-refractivity contribution in [3.05, 3.63) is 97.2 Å². The average molecular weight is 1420 g/mol. The molecule has 0 heterocycles. The van der Waals surface area contributed by atoms with E-state index in [9.17, 15) is 43.2 Å². The molecule has 17 nitrogen and oxygen atoms in total. The smallest absolute Gasteiger partial charge is 0.462 e. The Morgan fingerprint density at radius 1 is 0.296 bits per heavy atom. The van der Waals surface area contributed by atoms with Gasteiger partial charge in [-0.05, 0) is 122 Å². The highest BCUT2D eigenvalue weighted by Crippen LogP contribution is 2.45. The molecular weight excluding hydrogens is 1280 g/mol. The number of phosphoric ester groups is 2. The molecule has 0 fully saturated rings. The summed E-state index contributed by atoms with van der Waals surface area (Å²) in [6.45, 7) is 4.65. The zero-order chi connectivity index (χ0) is 71.8. The van der Waals surface area contributed by atoms with Gasteiger partial charge in [0, 0.05) is 25.7 Å². The summed E-state index contributed by atoms with van der Waals surface area (Å²) in [5.74, 6) is -2.25. The molecule has 0 spiro atoms. The van der Waals surface area contributed by atoms with Gasteiger partial charge in [0.05, 0.1) is 26.4 Å². The first-order valence-corrected chi connectivity index (χ1v) is 41.5. The van der Waals surface area contributed by atoms with E-state index in [0.29, 0.717) is 32.1 Å². The van der Waals surface area contributed by atoms with Gasteiger partial charge in [0.25, 0.3) is 0 Å². The van der Waals surface area contributed by atoms with Crippen molar-refractivity contribution >= 4 is 39.5 Å². The maximum Gasteiger partial charge on any atom is 0.472 e. The summed E-state index contributed by atoms with van der Waals surface area (Å²) in [4.78, 5) is 72.8. The van der Waals surface area contributed by atoms with E-state index in [-0.39, 0.29) is 25.7 Å². The van der Waals surface area contributed by atoms with Crippen LogP contribution in [-0.4, -0.2) is 96.7 Å². The van der Waals surface area contributed by atoms with Crippen molar-refractivity contribution in [3.8, 4) is 0 Å². The Labute approximate surface area is 595 Å². The molecule has 0 aromatic heterocycles. The van der Waals surface area contributed by atoms with Crippen LogP contribution in [0.1, 0.15) is 323 Å². The quantitative estimate of drug-likeness (QED) is 0.0169. The number of ether oxygens (including phenoxy) is 4. The van der Waals surface area contributed by atoms with E-state index in [1.807, 2.05) is 12.2 Å². The Kier molecular flexibility index (Phi) is 68.4. The van der Waals surface area contributed by atoms with Gasteiger partial charge in [-0.15, -0.1) is 0 Å². The summed E-state index contributed by atoms with van der Waals surface area (Å²) < 4.78 is 68.4. The number of esters is 4. The van der Waals surface area contributed by atoms with Gasteiger partial charge in [-0.1, -0.05) is 273 Å². The monoisotopic (exact) mass is 1420 g/mol. The highest BCUT2D eigenvalue weighted by molar-refractivity contribution is 7.47. The lowest BCUT2D eigenvalue weighted by molar-refractivity contribution is -0.161. The van der Waals surface area contributed by atoms with Crippen LogP contribution in [-0.2, 0) is 65.4 Å². The lowest BCUT2D eigenvalue weighted by Crippen LogP contribution is -2.30. The van der Waals surface area contributed by atoms with Crippen LogP contribution in [0.2, 0.25) is 0 Å². The van der Waals surface area contributed by atoms with Crippen molar-refractivity contribution in [2.24, 2.45) is 0 Å². The largest absolute Gasteiger partial charge is 0.472 e. The van der Waals surface area contributed by atoms with Crippen molar-refractivity contribution in [2.45, 2.75) is 341 Å². The van der Waals surface area contributed by atoms with Crippen LogP contribution in [0.15, 0.2) is 97.2 Å². The molecule has 0 aliphatic heterocycles. The molecule has 98 heavy (non-hydrogen) atoms. The second-order valence-electron chi connectivity index (χ2n) is 25.6. The van der Waals surface area contributed by atoms with Crippen LogP contribution >= 0.6 is 15.6 Å². The third kappa shape index (κ3) is 70.4. The molecular formula is C79H138O17P2. The first-order valence-electron chi connectivity index (χ1n) is 38.5. The highest BCUT2D eigenvalue weighted by atomic mass is 31.2. The predicted molar refractivity (Wildman–Crippen MR) is 399 cm³/mol. The van der Waals surface area contributed by atoms with E-state index < -0.39 is 97.5 Å². The van der Waals surface area contributed by atoms with E-state index >= 15 is 0 Å². The van der Waals surface area contributed by atoms with Crippen molar-refractivity contribution in [3.63, 3.8) is 0 Å². The number of hydrogen-bond donors (Lipinski definition) is 3. The van der Waals surface area contributed by atoms with Crippen LogP contribution in [0.25, 0.3) is 0 Å². The van der Waals surface area contributed by atoms with Crippen LogP contribution in [0, 0.1) is 0 Å². The summed E-state index contributed by atoms with van der Waals surface area (Å²) in [6.07, 6.45) is 74.0. The number of allylic oxidation sites excluding steroid dienone is 16. The minimum absolute atomic E-state index is 0.0816. The van der Waals surface area contributed by atoms with E-state index in [0.717, 1.165) is 141 Å². The molecule has 0 saturated heterocycles. The molecule has 5 atom stereocenters. The Balaban J connectivity index is 5.38. The first-order chi connectivity index (χ1) is 47.7. The number of aliphatic hydroxyl groups excluding tert-OH is 1. The molecule has 0 amide bonds. The molecule has 19 heteroatoms. The molecule has 0 aliphatic rings. The second-order valence-corrected chi connectivity index (χ2v) is 28.5. The summed E-state index contributed by atoms with van der Waals surface area (Å²) >= 11 is 0. The van der Waals surface area contributed by atoms with Gasteiger partial charge in [-0.25, -0.2) is 9.13 Å². The lowest BCUT2D eigenvalue weighted by Gasteiger charge is -2.21. The zero-order valence-electron chi connectivity index (χ0n) is 61.7. The van der Waals surface area contributed by atoms with Gasteiger partial charge in [-0.3, -0.25) is 37.3 Å². The van der Waals surface area contributed by atoms with Gasteiger partial charge < -0.3 is 33.8 Å². The number of carbonyl (C=O) groups excluding carboxylic acids is 4. The zero-order valence-corrected chi connectivity index (χ0v) is 63.5. The fourth-order valence-electron chi connectivity index (χ4n) is 10.2. The third-order valence-corrected chi connectivity index (χ3v) is 17.9. The standard InChI is InChI=1S/C79H138O17P2/c1-5-9-13-17-21-25-29-33-35-36-38-42-44-48-52-56-60-64-77(82)90-70-75(96-79(84)66-62-58-54-50-46-40-32-28-24-20-16-12-8-4)72-94-98(87,88)92-68-73(80)67-91-97(85,86)93-71-74(95-78(83)65-61-57-53-49-45-39-31-27-23-19-15-11-7-3)69-89-76(81)63-59-55-51-47-43-41-37-34-30-26-22-18-14-10-6-2/h9,13,21-22,25-27,31,33-35,37-38,42,48,52,73-75,80H,5-8,10-12,14-20,23-24,28-30,32,36,39-41,43-47,49-51,53-72H2,1-4H3,(H,85,86)(H,87,88)/b13-9-,25-21-,26-22-,31-27-,35-33-,37-34-,42-38-,52-48-. The Hall–Kier alpha value is -4.02. The average Bonchev–Trinajstić information content (AvgIpc) is 0.969. The molecule has 5 unspecified atom stereocenters. The Bertz CT molecular complexity index is 2240. The molecule has 3 N–H and O–H groups in total. The fraction of sp³-hybridized carbons (Fsp3) is 0.747. The molecule has 0 aromatic carbocycles. The summed E-state index contributed by atoms with van der Waals surface area (Å²) in [7, 11) is -9.96. The van der Waals surface area contributed by atoms with Crippen molar-refractivity contribution in [1.82, 2.24) is 0 Å². The lowest BCUT2D eigenvalue weighted by atomic mass is 10.0. The summed E-state index contributed by atoms with van der Waals surface area (Å²) in [5.41, 5.74) is 0. The Morgan fingerprint density at radius 2 is 0.541 bits per heavy atom. The molecule has 0 bridgehead atoms. The van der Waals surface area contributed by atoms with Gasteiger partial charge in [-0.2, -0.15) is 0 Å².